The molecule has 1 atom stereocenters. The fourth-order valence-electron chi connectivity index (χ4n) is 1.78. The maximum atomic E-state index is 12.9. The average molecular weight is 290 g/mol. The van der Waals surface area contributed by atoms with Gasteiger partial charge in [0, 0.05) is 31.5 Å². The average Bonchev–Trinajstić information content (AvgIpc) is 2.84. The van der Waals surface area contributed by atoms with Crippen LogP contribution in [-0.2, 0) is 20.5 Å². The molecule has 2 heterocycles. The Morgan fingerprint density at radius 1 is 1.55 bits per heavy atom. The van der Waals surface area contributed by atoms with E-state index >= 15 is 0 Å². The van der Waals surface area contributed by atoms with Crippen molar-refractivity contribution in [2.45, 2.75) is 38.8 Å². The van der Waals surface area contributed by atoms with E-state index in [1.807, 2.05) is 0 Å². The zero-order valence-corrected chi connectivity index (χ0v) is 10.7. The summed E-state index contributed by atoms with van der Waals surface area (Å²) in [5.41, 5.74) is -4.07. The third-order valence-electron chi connectivity index (χ3n) is 2.71. The van der Waals surface area contributed by atoms with Gasteiger partial charge in [0.25, 0.3) is 5.56 Å². The fourth-order valence-corrected chi connectivity index (χ4v) is 1.78. The van der Waals surface area contributed by atoms with Gasteiger partial charge in [0.1, 0.15) is 1.37 Å². The molecule has 7 heteroatoms. The lowest BCUT2D eigenvalue weighted by Gasteiger charge is -2.09. The van der Waals surface area contributed by atoms with Crippen molar-refractivity contribution >= 4 is 11.2 Å². The van der Waals surface area contributed by atoms with Gasteiger partial charge in [0.2, 0.25) is 0 Å². The van der Waals surface area contributed by atoms with E-state index < -0.39 is 68.1 Å². The second kappa shape index (κ2) is 5.62. The predicted octanol–water partition coefficient (Wildman–Crippen LogP) is -0.0152. The van der Waals surface area contributed by atoms with Crippen LogP contribution >= 0.6 is 0 Å². The first-order valence-electron chi connectivity index (χ1n) is 10.8. The summed E-state index contributed by atoms with van der Waals surface area (Å²) >= 11 is 0. The minimum Gasteiger partial charge on any atom is -0.393 e. The molecule has 0 aliphatic rings. The molecule has 0 aliphatic carbocycles. The van der Waals surface area contributed by atoms with Crippen LogP contribution in [0.5, 0.6) is 0 Å². The number of aromatic nitrogens is 4. The van der Waals surface area contributed by atoms with Gasteiger partial charge in [-0.15, -0.1) is 0 Å². The zero-order chi connectivity index (χ0) is 23.4. The molecule has 0 radical (unpaired) electrons. The van der Waals surface area contributed by atoms with Crippen LogP contribution in [0.1, 0.15) is 39.8 Å². The van der Waals surface area contributed by atoms with Gasteiger partial charge in [-0.2, -0.15) is 0 Å². The quantitative estimate of drug-likeness (QED) is 0.839. The van der Waals surface area contributed by atoms with Crippen LogP contribution in [0.3, 0.4) is 0 Å². The smallest absolute Gasteiger partial charge is 0.332 e. The Labute approximate surface area is 130 Å². The van der Waals surface area contributed by atoms with Gasteiger partial charge >= 0.3 is 5.69 Å². The highest BCUT2D eigenvalue weighted by Gasteiger charge is 2.14. The van der Waals surface area contributed by atoms with Crippen molar-refractivity contribution in [2.75, 3.05) is 0 Å². The Balaban J connectivity index is 2.72. The highest BCUT2D eigenvalue weighted by molar-refractivity contribution is 5.69. The SMILES string of the molecule is [2H]c1nc2c(c(=O)n(CCCC([2H])([2H])[C@@]([2H])(C)O)c(=O)n2C([2H])([2H])[2H])n1C([2H])([2H])[2H]. The van der Waals surface area contributed by atoms with Gasteiger partial charge in [0.05, 0.1) is 13.8 Å². The maximum Gasteiger partial charge on any atom is 0.332 e. The Morgan fingerprint density at radius 2 is 2.35 bits per heavy atom. The number of hydrogen-bond acceptors (Lipinski definition) is 4. The molecule has 2 aromatic heterocycles. The molecule has 20 heavy (non-hydrogen) atoms. The number of fused-ring (bicyclic) bond motifs is 1. The molecule has 2 rings (SSSR count). The van der Waals surface area contributed by atoms with Crippen LogP contribution in [-0.4, -0.2) is 29.9 Å². The van der Waals surface area contributed by atoms with Crippen LogP contribution < -0.4 is 11.2 Å². The largest absolute Gasteiger partial charge is 0.393 e. The van der Waals surface area contributed by atoms with Crippen LogP contribution in [0, 0.1) is 0 Å². The number of aryl methyl sites for hydroxylation is 2. The van der Waals surface area contributed by atoms with Crippen molar-refractivity contribution in [3.8, 4) is 0 Å². The Morgan fingerprint density at radius 3 is 3.00 bits per heavy atom. The molecule has 0 unspecified atom stereocenters. The van der Waals surface area contributed by atoms with E-state index in [4.69, 9.17) is 13.7 Å². The molecule has 0 aromatic carbocycles. The number of imidazole rings is 1. The van der Waals surface area contributed by atoms with Crippen LogP contribution in [0.15, 0.2) is 15.9 Å². The Hall–Kier alpha value is -1.89. The standard InChI is InChI=1S/C13H20N4O3/c1-9(18)6-4-5-7-17-12(19)10-11(14-8-15(10)2)16(3)13(17)20/h8-9,18H,4-7H2,1-3H3/t9-/m1/s1/i2D3,3D3,6D2,8D,9D. The molecule has 0 fully saturated rings. The summed E-state index contributed by atoms with van der Waals surface area (Å²) in [6.07, 6.45) is -6.50. The topological polar surface area (TPSA) is 82.1 Å². The minimum absolute atomic E-state index is 0.138. The van der Waals surface area contributed by atoms with Gasteiger partial charge in [0.15, 0.2) is 11.2 Å². The first-order chi connectivity index (χ1) is 13.3. The first kappa shape index (κ1) is 6.26. The van der Waals surface area contributed by atoms with E-state index in [0.717, 1.165) is 6.92 Å². The van der Waals surface area contributed by atoms with Crippen molar-refractivity contribution in [1.82, 2.24) is 18.7 Å². The van der Waals surface area contributed by atoms with E-state index in [1.54, 1.807) is 0 Å². The summed E-state index contributed by atoms with van der Waals surface area (Å²) in [6, 6.07) is 0. The summed E-state index contributed by atoms with van der Waals surface area (Å²) in [5, 5.41) is 9.56. The van der Waals surface area contributed by atoms with Crippen molar-refractivity contribution < 1.29 is 18.8 Å². The number of hydrogen-bond donors (Lipinski definition) is 1. The van der Waals surface area contributed by atoms with Gasteiger partial charge in [-0.1, -0.05) is 0 Å². The summed E-state index contributed by atoms with van der Waals surface area (Å²) in [4.78, 5) is 29.1. The van der Waals surface area contributed by atoms with E-state index in [9.17, 15) is 14.7 Å². The molecular weight excluding hydrogens is 260 g/mol. The number of nitrogens with zero attached hydrogens (tertiary/aromatic N) is 4. The maximum absolute atomic E-state index is 12.9. The van der Waals surface area contributed by atoms with Crippen molar-refractivity contribution in [2.24, 2.45) is 14.0 Å². The fraction of sp³-hybridized carbons (Fsp3) is 0.615. The summed E-state index contributed by atoms with van der Waals surface area (Å²) in [5.74, 6) is 0. The third-order valence-corrected chi connectivity index (χ3v) is 2.71. The van der Waals surface area contributed by atoms with Gasteiger partial charge < -0.3 is 9.67 Å². The summed E-state index contributed by atoms with van der Waals surface area (Å²) in [6.45, 7) is -5.79. The molecule has 0 aliphatic heterocycles. The molecule has 0 saturated carbocycles. The second-order valence-electron chi connectivity index (χ2n) is 4.16. The molecule has 0 saturated heterocycles. The Bertz CT molecular complexity index is 1070. The molecular formula is C13H20N4O3. The van der Waals surface area contributed by atoms with Crippen molar-refractivity contribution in [3.63, 3.8) is 0 Å². The molecule has 110 valence electrons. The number of rotatable bonds is 5. The van der Waals surface area contributed by atoms with Crippen LogP contribution in [0.25, 0.3) is 11.2 Å². The van der Waals surface area contributed by atoms with Crippen LogP contribution in [0.2, 0.25) is 0 Å². The van der Waals surface area contributed by atoms with Crippen molar-refractivity contribution in [1.29, 1.82) is 0 Å². The van der Waals surface area contributed by atoms with E-state index in [-0.39, 0.29) is 15.6 Å². The monoisotopic (exact) mass is 290 g/mol. The highest BCUT2D eigenvalue weighted by atomic mass is 16.3. The van der Waals surface area contributed by atoms with Gasteiger partial charge in [-0.25, -0.2) is 9.78 Å². The number of aliphatic hydroxyl groups is 1. The lowest BCUT2D eigenvalue weighted by Crippen LogP contribution is -2.39. The van der Waals surface area contributed by atoms with E-state index in [1.165, 1.54) is 0 Å². The van der Waals surface area contributed by atoms with E-state index in [2.05, 4.69) is 4.98 Å². The summed E-state index contributed by atoms with van der Waals surface area (Å²) in [7, 11) is 0. The minimum atomic E-state index is -3.15. The Kier molecular flexibility index (Phi) is 1.76. The zero-order valence-electron chi connectivity index (χ0n) is 20.7. The van der Waals surface area contributed by atoms with Crippen LogP contribution in [0.4, 0.5) is 0 Å². The second-order valence-corrected chi connectivity index (χ2v) is 4.16. The van der Waals surface area contributed by atoms with Crippen molar-refractivity contribution in [3.05, 3.63) is 27.1 Å². The van der Waals surface area contributed by atoms with Gasteiger partial charge in [-0.05, 0) is 26.1 Å². The van der Waals surface area contributed by atoms with E-state index in [0.29, 0.717) is 4.57 Å². The molecule has 0 amide bonds. The molecule has 1 N–H and O–H groups in total. The molecule has 0 spiro atoms. The molecule has 7 nitrogen and oxygen atoms in total. The predicted molar refractivity (Wildman–Crippen MR) is 75.7 cm³/mol. The highest BCUT2D eigenvalue weighted by Crippen LogP contribution is 2.04. The molecule has 2 aromatic rings. The third kappa shape index (κ3) is 2.53. The molecule has 0 bridgehead atoms. The van der Waals surface area contributed by atoms with Gasteiger partial charge in [-0.3, -0.25) is 13.9 Å². The lowest BCUT2D eigenvalue weighted by atomic mass is 10.2. The summed E-state index contributed by atoms with van der Waals surface area (Å²) < 4.78 is 76.6. The normalized spacial score (nSPS) is 23.9. The first-order valence-corrected chi connectivity index (χ1v) is 5.79. The lowest BCUT2D eigenvalue weighted by molar-refractivity contribution is 0.180.